The number of carbonyl (C=O) groups excluding carboxylic acids is 1. The quantitative estimate of drug-likeness (QED) is 0.831. The molecule has 1 aromatic carbocycles. The molecule has 2 unspecified atom stereocenters. The summed E-state index contributed by atoms with van der Waals surface area (Å²) in [7, 11) is 0. The molecule has 1 aliphatic carbocycles. The number of fused-ring (bicyclic) bond motifs is 2. The molecule has 3 aliphatic rings. The van der Waals surface area contributed by atoms with E-state index in [1.807, 2.05) is 11.0 Å². The number of β-amino-alcohol motifs (C(OH)–C–C–N with tert-alkyl or cyclic N) is 1. The van der Waals surface area contributed by atoms with Crippen molar-refractivity contribution in [1.29, 1.82) is 0 Å². The van der Waals surface area contributed by atoms with E-state index in [-0.39, 0.29) is 29.8 Å². The molecule has 1 aromatic rings. The normalized spacial score (nSPS) is 28.7. The first-order valence-corrected chi connectivity index (χ1v) is 8.02. The van der Waals surface area contributed by atoms with Gasteiger partial charge in [-0.05, 0) is 30.9 Å². The van der Waals surface area contributed by atoms with Crippen molar-refractivity contribution < 1.29 is 9.90 Å². The first-order valence-electron chi connectivity index (χ1n) is 8.02. The Morgan fingerprint density at radius 1 is 1.27 bits per heavy atom. The van der Waals surface area contributed by atoms with Gasteiger partial charge < -0.3 is 15.3 Å². The molecule has 1 amide bonds. The second-order valence-corrected chi connectivity index (χ2v) is 6.78. The zero-order valence-electron chi connectivity index (χ0n) is 12.6. The van der Waals surface area contributed by atoms with Gasteiger partial charge in [-0.15, -0.1) is 12.4 Å². The summed E-state index contributed by atoms with van der Waals surface area (Å²) < 4.78 is 0. The van der Waals surface area contributed by atoms with Gasteiger partial charge in [0, 0.05) is 24.2 Å². The highest BCUT2D eigenvalue weighted by molar-refractivity contribution is 6.00. The fourth-order valence-corrected chi connectivity index (χ4v) is 4.40. The van der Waals surface area contributed by atoms with Crippen LogP contribution in [0, 0.1) is 0 Å². The summed E-state index contributed by atoms with van der Waals surface area (Å²) in [6, 6.07) is 8.15. The molecule has 22 heavy (non-hydrogen) atoms. The van der Waals surface area contributed by atoms with E-state index in [1.54, 1.807) is 0 Å². The highest BCUT2D eigenvalue weighted by atomic mass is 35.5. The molecule has 4 nitrogen and oxygen atoms in total. The molecule has 1 saturated heterocycles. The Kier molecular flexibility index (Phi) is 4.19. The minimum Gasteiger partial charge on any atom is -0.392 e. The predicted octanol–water partition coefficient (Wildman–Crippen LogP) is 1.99. The fourth-order valence-electron chi connectivity index (χ4n) is 4.40. The van der Waals surface area contributed by atoms with Crippen LogP contribution in [0.25, 0.3) is 0 Å². The van der Waals surface area contributed by atoms with Gasteiger partial charge in [0.1, 0.15) is 0 Å². The van der Waals surface area contributed by atoms with Crippen molar-refractivity contribution in [2.45, 2.75) is 49.7 Å². The van der Waals surface area contributed by atoms with E-state index in [0.717, 1.165) is 12.2 Å². The number of halogens is 1. The van der Waals surface area contributed by atoms with Crippen LogP contribution in [0.1, 0.15) is 37.7 Å². The molecule has 2 heterocycles. The van der Waals surface area contributed by atoms with Gasteiger partial charge >= 0.3 is 0 Å². The van der Waals surface area contributed by atoms with E-state index < -0.39 is 6.10 Å². The molecule has 0 aromatic heterocycles. The zero-order valence-corrected chi connectivity index (χ0v) is 13.4. The molecular weight excluding hydrogens is 300 g/mol. The minimum absolute atomic E-state index is 0. The summed E-state index contributed by atoms with van der Waals surface area (Å²) >= 11 is 0. The maximum Gasteiger partial charge on any atom is 0.244 e. The van der Waals surface area contributed by atoms with Crippen molar-refractivity contribution in [3.05, 3.63) is 29.8 Å². The number of rotatable bonds is 1. The number of nitrogens with one attached hydrogen (secondary N) is 1. The van der Waals surface area contributed by atoms with Crippen molar-refractivity contribution >= 4 is 24.0 Å². The molecule has 4 rings (SSSR count). The van der Waals surface area contributed by atoms with Crippen LogP contribution in [0.15, 0.2) is 24.3 Å². The molecule has 2 aliphatic heterocycles. The predicted molar refractivity (Wildman–Crippen MR) is 88.6 cm³/mol. The number of aliphatic hydroxyl groups excluding tert-OH is 1. The third-order valence-electron chi connectivity index (χ3n) is 5.46. The standard InChI is InChI=1S/C17H22N2O2.ClH/c20-12-9-14(18-10-12)16(21)19-11-17(7-3-4-8-17)13-5-1-2-6-15(13)19;/h1-2,5-6,12,14,18,20H,3-4,7-11H2;1H. The summed E-state index contributed by atoms with van der Waals surface area (Å²) in [6.45, 7) is 1.34. The van der Waals surface area contributed by atoms with Crippen LogP contribution in [-0.4, -0.2) is 36.2 Å². The van der Waals surface area contributed by atoms with Crippen molar-refractivity contribution in [2.75, 3.05) is 18.0 Å². The van der Waals surface area contributed by atoms with E-state index in [9.17, 15) is 9.90 Å². The molecule has 2 atom stereocenters. The lowest BCUT2D eigenvalue weighted by atomic mass is 9.81. The zero-order chi connectivity index (χ0) is 14.4. The van der Waals surface area contributed by atoms with E-state index in [1.165, 1.54) is 31.2 Å². The number of carbonyl (C=O) groups is 1. The van der Waals surface area contributed by atoms with Gasteiger partial charge in [0.15, 0.2) is 0 Å². The first-order chi connectivity index (χ1) is 10.2. The average Bonchev–Trinajstić information content (AvgIpc) is 3.20. The highest BCUT2D eigenvalue weighted by Crippen LogP contribution is 2.50. The Morgan fingerprint density at radius 3 is 2.68 bits per heavy atom. The van der Waals surface area contributed by atoms with E-state index >= 15 is 0 Å². The summed E-state index contributed by atoms with van der Waals surface area (Å²) in [5.74, 6) is 0.128. The summed E-state index contributed by atoms with van der Waals surface area (Å²) in [6.07, 6.45) is 5.04. The number of amides is 1. The summed E-state index contributed by atoms with van der Waals surface area (Å²) in [5.41, 5.74) is 2.63. The Hall–Kier alpha value is -1.10. The fraction of sp³-hybridized carbons (Fsp3) is 0.588. The van der Waals surface area contributed by atoms with E-state index in [4.69, 9.17) is 0 Å². The summed E-state index contributed by atoms with van der Waals surface area (Å²) in [5, 5.41) is 12.8. The van der Waals surface area contributed by atoms with Crippen molar-refractivity contribution in [3.63, 3.8) is 0 Å². The number of para-hydroxylation sites is 1. The maximum atomic E-state index is 12.8. The molecule has 1 spiro atoms. The van der Waals surface area contributed by atoms with Crippen molar-refractivity contribution in [2.24, 2.45) is 0 Å². The molecule has 5 heteroatoms. The van der Waals surface area contributed by atoms with Crippen molar-refractivity contribution in [3.8, 4) is 0 Å². The van der Waals surface area contributed by atoms with Crippen LogP contribution >= 0.6 is 12.4 Å². The first kappa shape index (κ1) is 15.8. The summed E-state index contributed by atoms with van der Waals surface area (Å²) in [4.78, 5) is 14.8. The van der Waals surface area contributed by atoms with Crippen LogP contribution in [0.4, 0.5) is 5.69 Å². The topological polar surface area (TPSA) is 52.6 Å². The lowest BCUT2D eigenvalue weighted by Crippen LogP contribution is -2.45. The second kappa shape index (κ2) is 5.84. The molecule has 2 N–H and O–H groups in total. The third kappa shape index (κ3) is 2.34. The number of benzene rings is 1. The minimum atomic E-state index is -0.391. The second-order valence-electron chi connectivity index (χ2n) is 6.78. The van der Waals surface area contributed by atoms with E-state index in [2.05, 4.69) is 23.5 Å². The van der Waals surface area contributed by atoms with Gasteiger partial charge in [0.25, 0.3) is 0 Å². The Labute approximate surface area is 137 Å². The van der Waals surface area contributed by atoms with Crippen LogP contribution in [0.5, 0.6) is 0 Å². The molecule has 120 valence electrons. The largest absolute Gasteiger partial charge is 0.392 e. The number of anilines is 1. The lowest BCUT2D eigenvalue weighted by Gasteiger charge is -2.26. The third-order valence-corrected chi connectivity index (χ3v) is 5.46. The number of hydrogen-bond donors (Lipinski definition) is 2. The molecule has 2 fully saturated rings. The maximum absolute atomic E-state index is 12.8. The van der Waals surface area contributed by atoms with Gasteiger partial charge in [-0.25, -0.2) is 0 Å². The Morgan fingerprint density at radius 2 is 2.00 bits per heavy atom. The number of nitrogens with zero attached hydrogens (tertiary/aromatic N) is 1. The highest BCUT2D eigenvalue weighted by Gasteiger charge is 2.47. The molecular formula is C17H23ClN2O2. The van der Waals surface area contributed by atoms with Crippen LogP contribution in [0.2, 0.25) is 0 Å². The van der Waals surface area contributed by atoms with Gasteiger partial charge in [-0.2, -0.15) is 0 Å². The smallest absolute Gasteiger partial charge is 0.244 e. The van der Waals surface area contributed by atoms with Crippen molar-refractivity contribution in [1.82, 2.24) is 5.32 Å². The Balaban J connectivity index is 0.00000144. The van der Waals surface area contributed by atoms with Crippen LogP contribution < -0.4 is 10.2 Å². The lowest BCUT2D eigenvalue weighted by molar-refractivity contribution is -0.120. The van der Waals surface area contributed by atoms with Crippen LogP contribution in [0.3, 0.4) is 0 Å². The van der Waals surface area contributed by atoms with Crippen LogP contribution in [-0.2, 0) is 10.2 Å². The number of aliphatic hydroxyl groups is 1. The monoisotopic (exact) mass is 322 g/mol. The average molecular weight is 323 g/mol. The molecule has 0 bridgehead atoms. The van der Waals surface area contributed by atoms with E-state index in [0.29, 0.717) is 13.0 Å². The SMILES string of the molecule is Cl.O=C(C1CC(O)CN1)N1CC2(CCCC2)c2ccccc21. The Bertz CT molecular complexity index is 572. The van der Waals surface area contributed by atoms with Gasteiger partial charge in [-0.3, -0.25) is 4.79 Å². The number of hydrogen-bond acceptors (Lipinski definition) is 3. The van der Waals surface area contributed by atoms with Gasteiger partial charge in [-0.1, -0.05) is 31.0 Å². The molecule has 1 saturated carbocycles. The van der Waals surface area contributed by atoms with Gasteiger partial charge in [0.05, 0.1) is 12.1 Å². The van der Waals surface area contributed by atoms with Gasteiger partial charge in [0.2, 0.25) is 5.91 Å². The molecule has 0 radical (unpaired) electrons.